The zero-order valence-electron chi connectivity index (χ0n) is 15.5. The summed E-state index contributed by atoms with van der Waals surface area (Å²) in [7, 11) is 0. The van der Waals surface area contributed by atoms with E-state index in [0.717, 1.165) is 17.8 Å². The third-order valence-electron chi connectivity index (χ3n) is 4.63. The molecular formula is C20H20ClN5OS. The highest BCUT2D eigenvalue weighted by atomic mass is 35.5. The first kappa shape index (κ1) is 18.8. The van der Waals surface area contributed by atoms with E-state index < -0.39 is 5.25 Å². The van der Waals surface area contributed by atoms with Crippen LogP contribution in [0.1, 0.15) is 29.9 Å². The van der Waals surface area contributed by atoms with E-state index in [4.69, 9.17) is 11.6 Å². The van der Waals surface area contributed by atoms with Crippen LogP contribution in [-0.2, 0) is 11.2 Å². The van der Waals surface area contributed by atoms with Crippen LogP contribution in [0.15, 0.2) is 53.7 Å². The SMILES string of the molecule is CCc1nnc2n1N[C@H](c1ccc(C)cc1)[C@@H](C(=O)Nc1ccc(Cl)cc1)S2. The molecule has 0 spiro atoms. The normalized spacial score (nSPS) is 18.2. The van der Waals surface area contributed by atoms with Crippen molar-refractivity contribution in [1.82, 2.24) is 14.9 Å². The average Bonchev–Trinajstić information content (AvgIpc) is 3.11. The number of aryl methyl sites for hydroxylation is 2. The van der Waals surface area contributed by atoms with E-state index in [1.807, 2.05) is 18.5 Å². The number of benzene rings is 2. The number of halogens is 1. The maximum atomic E-state index is 13.1. The minimum atomic E-state index is -0.403. The second-order valence-corrected chi connectivity index (χ2v) is 8.18. The molecule has 4 rings (SSSR count). The van der Waals surface area contributed by atoms with Crippen molar-refractivity contribution in [3.05, 3.63) is 70.5 Å². The van der Waals surface area contributed by atoms with Crippen LogP contribution in [0.4, 0.5) is 5.69 Å². The van der Waals surface area contributed by atoms with Crippen LogP contribution in [0, 0.1) is 6.92 Å². The first-order valence-electron chi connectivity index (χ1n) is 9.05. The van der Waals surface area contributed by atoms with Gasteiger partial charge in [-0.15, -0.1) is 10.2 Å². The van der Waals surface area contributed by atoms with Gasteiger partial charge in [0.05, 0.1) is 6.04 Å². The van der Waals surface area contributed by atoms with Crippen molar-refractivity contribution in [2.24, 2.45) is 0 Å². The minimum absolute atomic E-state index is 0.0994. The fraction of sp³-hybridized carbons (Fsp3) is 0.250. The summed E-state index contributed by atoms with van der Waals surface area (Å²) < 4.78 is 1.89. The van der Waals surface area contributed by atoms with Gasteiger partial charge in [-0.3, -0.25) is 4.79 Å². The van der Waals surface area contributed by atoms with Crippen LogP contribution in [0.3, 0.4) is 0 Å². The number of nitrogens with zero attached hydrogens (tertiary/aromatic N) is 3. The summed E-state index contributed by atoms with van der Waals surface area (Å²) in [6.07, 6.45) is 0.753. The molecule has 0 saturated heterocycles. The summed E-state index contributed by atoms with van der Waals surface area (Å²) in [6.45, 7) is 4.08. The summed E-state index contributed by atoms with van der Waals surface area (Å²) in [6, 6.07) is 15.1. The molecule has 1 amide bonds. The van der Waals surface area contributed by atoms with Crippen molar-refractivity contribution in [2.45, 2.75) is 36.7 Å². The molecule has 2 atom stereocenters. The smallest absolute Gasteiger partial charge is 0.240 e. The van der Waals surface area contributed by atoms with Crippen molar-refractivity contribution in [3.8, 4) is 0 Å². The van der Waals surface area contributed by atoms with Crippen molar-refractivity contribution in [1.29, 1.82) is 0 Å². The van der Waals surface area contributed by atoms with Crippen LogP contribution in [0.2, 0.25) is 5.02 Å². The largest absolute Gasteiger partial charge is 0.325 e. The molecule has 0 radical (unpaired) electrons. The first-order chi connectivity index (χ1) is 13.5. The lowest BCUT2D eigenvalue weighted by Crippen LogP contribution is -2.41. The van der Waals surface area contributed by atoms with Gasteiger partial charge in [0.2, 0.25) is 11.1 Å². The van der Waals surface area contributed by atoms with Crippen LogP contribution < -0.4 is 10.7 Å². The quantitative estimate of drug-likeness (QED) is 0.670. The fourth-order valence-corrected chi connectivity index (χ4v) is 4.32. The number of hydrogen-bond acceptors (Lipinski definition) is 5. The van der Waals surface area contributed by atoms with Crippen LogP contribution in [0.5, 0.6) is 0 Å². The molecule has 0 saturated carbocycles. The van der Waals surface area contributed by atoms with Gasteiger partial charge < -0.3 is 10.7 Å². The summed E-state index contributed by atoms with van der Waals surface area (Å²) in [5.74, 6) is 0.744. The lowest BCUT2D eigenvalue weighted by atomic mass is 10.0. The van der Waals surface area contributed by atoms with E-state index in [2.05, 4.69) is 45.2 Å². The van der Waals surface area contributed by atoms with Gasteiger partial charge in [-0.2, -0.15) is 0 Å². The second-order valence-electron chi connectivity index (χ2n) is 6.64. The molecule has 0 unspecified atom stereocenters. The Bertz CT molecular complexity index is 987. The van der Waals surface area contributed by atoms with Crippen LogP contribution in [0.25, 0.3) is 0 Å². The van der Waals surface area contributed by atoms with E-state index in [-0.39, 0.29) is 11.9 Å². The topological polar surface area (TPSA) is 71.8 Å². The van der Waals surface area contributed by atoms with Crippen molar-refractivity contribution < 1.29 is 4.79 Å². The van der Waals surface area contributed by atoms with Gasteiger partial charge in [0.15, 0.2) is 5.82 Å². The average molecular weight is 414 g/mol. The molecule has 2 aromatic carbocycles. The third-order valence-corrected chi connectivity index (χ3v) is 6.09. The maximum absolute atomic E-state index is 13.1. The van der Waals surface area contributed by atoms with E-state index in [9.17, 15) is 4.79 Å². The zero-order valence-corrected chi connectivity index (χ0v) is 17.1. The van der Waals surface area contributed by atoms with Gasteiger partial charge in [0.25, 0.3) is 0 Å². The number of fused-ring (bicyclic) bond motifs is 1. The second kappa shape index (κ2) is 7.85. The molecule has 144 valence electrons. The molecule has 3 aromatic rings. The van der Waals surface area contributed by atoms with Crippen molar-refractivity contribution in [2.75, 3.05) is 10.7 Å². The number of carbonyl (C=O) groups excluding carboxylic acids is 1. The molecule has 1 aliphatic heterocycles. The molecule has 1 aliphatic rings. The Labute approximate surface area is 172 Å². The summed E-state index contributed by atoms with van der Waals surface area (Å²) >= 11 is 7.36. The Hall–Kier alpha value is -2.51. The highest BCUT2D eigenvalue weighted by Gasteiger charge is 2.37. The molecule has 8 heteroatoms. The maximum Gasteiger partial charge on any atom is 0.240 e. The highest BCUT2D eigenvalue weighted by Crippen LogP contribution is 2.37. The number of hydrogen-bond donors (Lipinski definition) is 2. The van der Waals surface area contributed by atoms with Crippen LogP contribution in [-0.4, -0.2) is 26.0 Å². The number of rotatable bonds is 4. The molecule has 1 aromatic heterocycles. The third kappa shape index (κ3) is 3.72. The van der Waals surface area contributed by atoms with E-state index >= 15 is 0 Å². The number of carbonyl (C=O) groups is 1. The number of thioether (sulfide) groups is 1. The zero-order chi connectivity index (χ0) is 19.7. The molecule has 2 heterocycles. The predicted octanol–water partition coefficient (Wildman–Crippen LogP) is 4.20. The summed E-state index contributed by atoms with van der Waals surface area (Å²) in [4.78, 5) is 13.1. The van der Waals surface area contributed by atoms with Gasteiger partial charge in [0, 0.05) is 17.1 Å². The minimum Gasteiger partial charge on any atom is -0.325 e. The van der Waals surface area contributed by atoms with Gasteiger partial charge in [-0.1, -0.05) is 60.1 Å². The Kier molecular flexibility index (Phi) is 5.28. The lowest BCUT2D eigenvalue weighted by molar-refractivity contribution is -0.116. The van der Waals surface area contributed by atoms with Gasteiger partial charge in [-0.05, 0) is 36.8 Å². The predicted molar refractivity (Wildman–Crippen MR) is 112 cm³/mol. The first-order valence-corrected chi connectivity index (χ1v) is 10.3. The van der Waals surface area contributed by atoms with Crippen molar-refractivity contribution >= 4 is 35.0 Å². The summed E-state index contributed by atoms with van der Waals surface area (Å²) in [5, 5.41) is 12.4. The lowest BCUT2D eigenvalue weighted by Gasteiger charge is -2.33. The number of aromatic nitrogens is 3. The van der Waals surface area contributed by atoms with Gasteiger partial charge in [-0.25, -0.2) is 4.68 Å². The fourth-order valence-electron chi connectivity index (χ4n) is 3.10. The standard InChI is InChI=1S/C20H20ClN5OS/c1-3-16-23-24-20-26(16)25-17(13-6-4-12(2)5-7-13)18(28-20)19(27)22-15-10-8-14(21)9-11-15/h4-11,17-18,25H,3H2,1-2H3,(H,22,27)/t17-,18+/m1/s1. The molecule has 2 N–H and O–H groups in total. The molecule has 6 nitrogen and oxygen atoms in total. The monoisotopic (exact) mass is 413 g/mol. The molecule has 0 fully saturated rings. The molecular weight excluding hydrogens is 394 g/mol. The van der Waals surface area contributed by atoms with E-state index in [1.54, 1.807) is 24.3 Å². The highest BCUT2D eigenvalue weighted by molar-refractivity contribution is 8.00. The Balaban J connectivity index is 1.66. The number of anilines is 1. The Morgan fingerprint density at radius 1 is 1.18 bits per heavy atom. The number of amides is 1. The number of nitrogens with one attached hydrogen (secondary N) is 2. The Morgan fingerprint density at radius 2 is 1.89 bits per heavy atom. The Morgan fingerprint density at radius 3 is 2.57 bits per heavy atom. The summed E-state index contributed by atoms with van der Waals surface area (Å²) in [5.41, 5.74) is 6.37. The van der Waals surface area contributed by atoms with Gasteiger partial charge >= 0.3 is 0 Å². The van der Waals surface area contributed by atoms with Gasteiger partial charge in [0.1, 0.15) is 5.25 Å². The molecule has 0 aliphatic carbocycles. The van der Waals surface area contributed by atoms with Crippen LogP contribution >= 0.6 is 23.4 Å². The molecule has 0 bridgehead atoms. The van der Waals surface area contributed by atoms with Crippen molar-refractivity contribution in [3.63, 3.8) is 0 Å². The van der Waals surface area contributed by atoms with E-state index in [0.29, 0.717) is 15.9 Å². The van der Waals surface area contributed by atoms with E-state index in [1.165, 1.54) is 17.3 Å². The molecule has 28 heavy (non-hydrogen) atoms.